The minimum Gasteiger partial charge on any atom is -0.455 e. The second-order valence-corrected chi connectivity index (χ2v) is 17.8. The van der Waals surface area contributed by atoms with E-state index in [-0.39, 0.29) is 0 Å². The molecule has 3 heteroatoms. The van der Waals surface area contributed by atoms with Gasteiger partial charge in [-0.3, -0.25) is 0 Å². The van der Waals surface area contributed by atoms with Crippen molar-refractivity contribution < 1.29 is 4.42 Å². The molecule has 0 unspecified atom stereocenters. The first-order valence-electron chi connectivity index (χ1n) is 21.9. The third kappa shape index (κ3) is 5.51. The van der Waals surface area contributed by atoms with Crippen LogP contribution in [0.1, 0.15) is 22.3 Å². The number of hydrogen-bond acceptors (Lipinski definition) is 3. The lowest BCUT2D eigenvalue weighted by Crippen LogP contribution is -2.28. The minimum absolute atomic E-state index is 0.532. The smallest absolute Gasteiger partial charge is 0.143 e. The third-order valence-corrected chi connectivity index (χ3v) is 14.5. The van der Waals surface area contributed by atoms with Crippen LogP contribution in [0.2, 0.25) is 0 Å². The van der Waals surface area contributed by atoms with Crippen LogP contribution in [-0.4, -0.2) is 0 Å². The molecule has 0 aliphatic heterocycles. The molecule has 1 aliphatic carbocycles. The van der Waals surface area contributed by atoms with E-state index in [1.54, 1.807) is 0 Å². The summed E-state index contributed by atoms with van der Waals surface area (Å²) in [6.45, 7) is 0. The molecule has 0 N–H and O–H groups in total. The predicted molar refractivity (Wildman–Crippen MR) is 269 cm³/mol. The SMILES string of the molecule is c1ccc(C2(c3ccccc3)c3ccccc3-c3c(N(c4cccc(-c5ccc6sc7ccccc7c6c5)c4)c4cccc(-c5cccc6c5oc5ccccc56)c4)cccc32)cc1. The van der Waals surface area contributed by atoms with Crippen LogP contribution in [0.15, 0.2) is 241 Å². The van der Waals surface area contributed by atoms with Crippen LogP contribution in [0.5, 0.6) is 0 Å². The zero-order chi connectivity index (χ0) is 42.2. The summed E-state index contributed by atoms with van der Waals surface area (Å²) >= 11 is 1.86. The second-order valence-electron chi connectivity index (χ2n) is 16.8. The number of anilines is 3. The molecule has 64 heavy (non-hydrogen) atoms. The van der Waals surface area contributed by atoms with Gasteiger partial charge in [0.2, 0.25) is 0 Å². The van der Waals surface area contributed by atoms with Gasteiger partial charge >= 0.3 is 0 Å². The van der Waals surface area contributed by atoms with Gasteiger partial charge in [-0.1, -0.05) is 182 Å². The van der Waals surface area contributed by atoms with Crippen LogP contribution in [0.25, 0.3) is 75.5 Å². The Morgan fingerprint density at radius 2 is 0.953 bits per heavy atom. The lowest BCUT2D eigenvalue weighted by molar-refractivity contribution is 0.670. The molecule has 0 atom stereocenters. The van der Waals surface area contributed by atoms with Gasteiger partial charge in [-0.15, -0.1) is 11.3 Å². The van der Waals surface area contributed by atoms with E-state index in [4.69, 9.17) is 4.42 Å². The van der Waals surface area contributed by atoms with Crippen molar-refractivity contribution in [2.45, 2.75) is 5.41 Å². The van der Waals surface area contributed by atoms with Crippen LogP contribution in [0, 0.1) is 0 Å². The first-order valence-corrected chi connectivity index (χ1v) is 22.7. The van der Waals surface area contributed by atoms with E-state index in [9.17, 15) is 0 Å². The van der Waals surface area contributed by atoms with Gasteiger partial charge in [-0.25, -0.2) is 0 Å². The van der Waals surface area contributed by atoms with Crippen molar-refractivity contribution in [2.75, 3.05) is 4.90 Å². The topological polar surface area (TPSA) is 16.4 Å². The minimum atomic E-state index is -0.532. The summed E-state index contributed by atoms with van der Waals surface area (Å²) < 4.78 is 9.23. The molecule has 12 aromatic rings. The van der Waals surface area contributed by atoms with Crippen LogP contribution in [0.3, 0.4) is 0 Å². The van der Waals surface area contributed by atoms with E-state index in [0.29, 0.717) is 0 Å². The summed E-state index contributed by atoms with van der Waals surface area (Å²) in [5.74, 6) is 0. The maximum absolute atomic E-state index is 6.62. The maximum Gasteiger partial charge on any atom is 0.143 e. The summed E-state index contributed by atoms with van der Waals surface area (Å²) in [7, 11) is 0. The highest BCUT2D eigenvalue weighted by atomic mass is 32.1. The Bertz CT molecular complexity index is 3710. The molecule has 0 radical (unpaired) electrons. The monoisotopic (exact) mass is 833 g/mol. The Labute approximate surface area is 375 Å². The Morgan fingerprint density at radius 3 is 1.77 bits per heavy atom. The Balaban J connectivity index is 1.06. The number of para-hydroxylation sites is 2. The van der Waals surface area contributed by atoms with Crippen LogP contribution in [0.4, 0.5) is 17.1 Å². The first-order chi connectivity index (χ1) is 31.7. The fourth-order valence-electron chi connectivity index (χ4n) is 10.6. The standard InChI is InChI=1S/C61H39NOS/c1-3-19-43(20-4-1)61(44-21-5-2-6-22-44)53-30-10-7-27-51(53)59-54(61)31-16-32-55(59)62(45-23-13-17-40(37-45)41-35-36-58-52(39-41)49-26-9-12-34-57(49)64-58)46-24-14-18-42(38-46)47-28-15-29-50-48-25-8-11-33-56(48)63-60(47)50/h1-39H. The van der Waals surface area contributed by atoms with Gasteiger partial charge in [0.1, 0.15) is 11.2 Å². The molecule has 0 amide bonds. The normalized spacial score (nSPS) is 12.8. The summed E-state index contributed by atoms with van der Waals surface area (Å²) in [6, 6.07) is 86.6. The van der Waals surface area contributed by atoms with Gasteiger partial charge in [0, 0.05) is 53.4 Å². The van der Waals surface area contributed by atoms with Gasteiger partial charge in [0.25, 0.3) is 0 Å². The predicted octanol–water partition coefficient (Wildman–Crippen LogP) is 17.1. The van der Waals surface area contributed by atoms with E-state index < -0.39 is 5.41 Å². The van der Waals surface area contributed by atoms with Crippen LogP contribution >= 0.6 is 11.3 Å². The zero-order valence-corrected chi connectivity index (χ0v) is 35.6. The van der Waals surface area contributed by atoms with E-state index in [1.165, 1.54) is 64.7 Å². The number of hydrogen-bond donors (Lipinski definition) is 0. The van der Waals surface area contributed by atoms with E-state index in [2.05, 4.69) is 235 Å². The van der Waals surface area contributed by atoms with Crippen molar-refractivity contribution in [3.8, 4) is 33.4 Å². The van der Waals surface area contributed by atoms with Gasteiger partial charge in [0.05, 0.1) is 11.1 Å². The average molecular weight is 834 g/mol. The van der Waals surface area contributed by atoms with Crippen molar-refractivity contribution in [3.63, 3.8) is 0 Å². The Kier molecular flexibility index (Phi) is 8.34. The summed E-state index contributed by atoms with van der Waals surface area (Å²) in [5.41, 5.74) is 16.5. The number of benzene rings is 10. The van der Waals surface area contributed by atoms with Crippen LogP contribution in [-0.2, 0) is 5.41 Å². The molecule has 10 aromatic carbocycles. The van der Waals surface area contributed by atoms with Crippen molar-refractivity contribution in [3.05, 3.63) is 259 Å². The first kappa shape index (κ1) is 36.7. The van der Waals surface area contributed by atoms with Crippen molar-refractivity contribution in [2.24, 2.45) is 0 Å². The molecule has 0 saturated carbocycles. The number of fused-ring (bicyclic) bond motifs is 9. The number of furan rings is 1. The van der Waals surface area contributed by atoms with Gasteiger partial charge in [0.15, 0.2) is 0 Å². The second kappa shape index (κ2) is 14.6. The van der Waals surface area contributed by atoms with Gasteiger partial charge < -0.3 is 9.32 Å². The number of rotatable bonds is 7. The van der Waals surface area contributed by atoms with E-state index >= 15 is 0 Å². The zero-order valence-electron chi connectivity index (χ0n) is 34.8. The van der Waals surface area contributed by atoms with Crippen molar-refractivity contribution in [1.29, 1.82) is 0 Å². The molecular weight excluding hydrogens is 795 g/mol. The molecule has 300 valence electrons. The highest BCUT2D eigenvalue weighted by Gasteiger charge is 2.47. The fourth-order valence-corrected chi connectivity index (χ4v) is 11.7. The van der Waals surface area contributed by atoms with E-state index in [1.807, 2.05) is 17.4 Å². The quantitative estimate of drug-likeness (QED) is 0.159. The Morgan fingerprint density at radius 1 is 0.375 bits per heavy atom. The molecule has 0 spiro atoms. The third-order valence-electron chi connectivity index (χ3n) is 13.3. The molecule has 0 fully saturated rings. The number of thiophene rings is 1. The summed E-state index contributed by atoms with van der Waals surface area (Å²) in [4.78, 5) is 2.48. The van der Waals surface area contributed by atoms with Crippen molar-refractivity contribution >= 4 is 70.5 Å². The maximum atomic E-state index is 6.62. The fraction of sp³-hybridized carbons (Fsp3) is 0.0164. The Hall–Kier alpha value is -7.98. The molecular formula is C61H39NOS. The molecule has 2 aromatic heterocycles. The highest BCUT2D eigenvalue weighted by molar-refractivity contribution is 7.25. The largest absolute Gasteiger partial charge is 0.455 e. The molecule has 1 aliphatic rings. The molecule has 2 nitrogen and oxygen atoms in total. The molecule has 2 heterocycles. The lowest BCUT2D eigenvalue weighted by Gasteiger charge is -2.34. The van der Waals surface area contributed by atoms with Gasteiger partial charge in [-0.05, 0) is 99.1 Å². The van der Waals surface area contributed by atoms with Crippen molar-refractivity contribution in [1.82, 2.24) is 0 Å². The molecule has 13 rings (SSSR count). The highest BCUT2D eigenvalue weighted by Crippen LogP contribution is 2.59. The summed E-state index contributed by atoms with van der Waals surface area (Å²) in [5, 5.41) is 4.84. The van der Waals surface area contributed by atoms with Gasteiger partial charge in [-0.2, -0.15) is 0 Å². The number of nitrogens with zero attached hydrogens (tertiary/aromatic N) is 1. The average Bonchev–Trinajstić information content (AvgIpc) is 4.03. The lowest BCUT2D eigenvalue weighted by atomic mass is 9.68. The molecule has 0 bridgehead atoms. The van der Waals surface area contributed by atoms with Crippen LogP contribution < -0.4 is 4.90 Å². The molecule has 0 saturated heterocycles. The van der Waals surface area contributed by atoms with E-state index in [0.717, 1.165) is 50.1 Å². The summed E-state index contributed by atoms with van der Waals surface area (Å²) in [6.07, 6.45) is 0.